The van der Waals surface area contributed by atoms with Gasteiger partial charge in [-0.2, -0.15) is 14.0 Å². The van der Waals surface area contributed by atoms with Gasteiger partial charge in [-0.25, -0.2) is 4.79 Å². The van der Waals surface area contributed by atoms with E-state index in [1.807, 2.05) is 6.07 Å². The summed E-state index contributed by atoms with van der Waals surface area (Å²) in [7, 11) is 0. The maximum atomic E-state index is 12.1. The summed E-state index contributed by atoms with van der Waals surface area (Å²) in [5, 5.41) is 11.5. The topological polar surface area (TPSA) is 88.4 Å². The van der Waals surface area contributed by atoms with E-state index in [9.17, 15) is 18.4 Å². The molecule has 2 aromatic carbocycles. The van der Waals surface area contributed by atoms with Crippen molar-refractivity contribution < 1.29 is 27.8 Å². The number of para-hydroxylation sites is 1. The maximum Gasteiger partial charge on any atom is 0.387 e. The zero-order chi connectivity index (χ0) is 19.1. The highest BCUT2D eigenvalue weighted by molar-refractivity contribution is 5.98. The molecule has 1 N–H and O–H groups in total. The van der Waals surface area contributed by atoms with Crippen LogP contribution in [0.15, 0.2) is 48.5 Å². The number of benzene rings is 2. The number of ether oxygens (including phenoxy) is 2. The quantitative estimate of drug-likeness (QED) is 0.798. The Bertz CT molecular complexity index is 832. The standard InChI is InChI=1S/C18H14F2N2O4/c1-11(16(23)22-15-5-3-2-4-13(15)10-21)25-17(24)12-6-8-14(9-7-12)26-18(19)20/h2-9,11,18H,1H3,(H,22,23)/t11-/m1/s1. The lowest BCUT2D eigenvalue weighted by Crippen LogP contribution is -2.30. The van der Waals surface area contributed by atoms with Gasteiger partial charge in [0.2, 0.25) is 0 Å². The first-order valence-corrected chi connectivity index (χ1v) is 7.46. The van der Waals surface area contributed by atoms with Crippen LogP contribution in [0.4, 0.5) is 14.5 Å². The van der Waals surface area contributed by atoms with Crippen molar-refractivity contribution in [3.63, 3.8) is 0 Å². The van der Waals surface area contributed by atoms with Crippen molar-refractivity contribution >= 4 is 17.6 Å². The first-order valence-electron chi connectivity index (χ1n) is 7.46. The van der Waals surface area contributed by atoms with E-state index in [0.717, 1.165) is 0 Å². The van der Waals surface area contributed by atoms with Crippen molar-refractivity contribution in [2.24, 2.45) is 0 Å². The van der Waals surface area contributed by atoms with E-state index >= 15 is 0 Å². The first-order chi connectivity index (χ1) is 12.4. The van der Waals surface area contributed by atoms with E-state index in [-0.39, 0.29) is 16.9 Å². The Morgan fingerprint density at radius 1 is 1.12 bits per heavy atom. The second kappa shape index (κ2) is 8.58. The summed E-state index contributed by atoms with van der Waals surface area (Å²) in [6, 6.07) is 13.2. The van der Waals surface area contributed by atoms with Crippen LogP contribution in [0.5, 0.6) is 5.75 Å². The van der Waals surface area contributed by atoms with E-state index in [1.54, 1.807) is 18.2 Å². The largest absolute Gasteiger partial charge is 0.449 e. The number of anilines is 1. The monoisotopic (exact) mass is 360 g/mol. The number of hydrogen-bond donors (Lipinski definition) is 1. The minimum Gasteiger partial charge on any atom is -0.449 e. The van der Waals surface area contributed by atoms with Gasteiger partial charge in [0.15, 0.2) is 6.10 Å². The molecule has 0 aromatic heterocycles. The Morgan fingerprint density at radius 3 is 2.38 bits per heavy atom. The van der Waals surface area contributed by atoms with Crippen LogP contribution >= 0.6 is 0 Å². The number of rotatable bonds is 6. The number of carbonyl (C=O) groups excluding carboxylic acids is 2. The summed E-state index contributed by atoms with van der Waals surface area (Å²) in [5.74, 6) is -1.51. The molecule has 0 fully saturated rings. The fourth-order valence-electron chi connectivity index (χ4n) is 1.98. The van der Waals surface area contributed by atoms with E-state index in [0.29, 0.717) is 5.69 Å². The SMILES string of the molecule is C[C@@H](OC(=O)c1ccc(OC(F)F)cc1)C(=O)Nc1ccccc1C#N. The number of nitriles is 1. The van der Waals surface area contributed by atoms with Crippen LogP contribution in [0, 0.1) is 11.3 Å². The normalized spacial score (nSPS) is 11.3. The Kier molecular flexibility index (Phi) is 6.22. The molecule has 2 aromatic rings. The smallest absolute Gasteiger partial charge is 0.387 e. The maximum absolute atomic E-state index is 12.1. The molecule has 0 aliphatic rings. The molecule has 26 heavy (non-hydrogen) atoms. The highest BCUT2D eigenvalue weighted by Crippen LogP contribution is 2.17. The van der Waals surface area contributed by atoms with Crippen molar-refractivity contribution in [2.45, 2.75) is 19.6 Å². The highest BCUT2D eigenvalue weighted by atomic mass is 19.3. The predicted octanol–water partition coefficient (Wildman–Crippen LogP) is 3.34. The highest BCUT2D eigenvalue weighted by Gasteiger charge is 2.20. The molecule has 134 valence electrons. The van der Waals surface area contributed by atoms with Crippen LogP contribution in [0.1, 0.15) is 22.8 Å². The molecule has 0 heterocycles. The van der Waals surface area contributed by atoms with Crippen LogP contribution in [0.3, 0.4) is 0 Å². The summed E-state index contributed by atoms with van der Waals surface area (Å²) in [6.45, 7) is -1.59. The average Bonchev–Trinajstić information content (AvgIpc) is 2.62. The molecule has 0 aliphatic heterocycles. The number of esters is 1. The predicted molar refractivity (Wildman–Crippen MR) is 87.7 cm³/mol. The third-order valence-electron chi connectivity index (χ3n) is 3.27. The van der Waals surface area contributed by atoms with Gasteiger partial charge in [0.1, 0.15) is 11.8 Å². The molecule has 1 amide bonds. The Balaban J connectivity index is 1.97. The molecule has 0 saturated heterocycles. The van der Waals surface area contributed by atoms with E-state index in [4.69, 9.17) is 10.00 Å². The van der Waals surface area contributed by atoms with Crippen molar-refractivity contribution in [3.05, 3.63) is 59.7 Å². The zero-order valence-electron chi connectivity index (χ0n) is 13.6. The molecule has 0 bridgehead atoms. The Labute approximate surface area is 148 Å². The van der Waals surface area contributed by atoms with Gasteiger partial charge in [0, 0.05) is 0 Å². The molecule has 0 saturated carbocycles. The van der Waals surface area contributed by atoms with Crippen molar-refractivity contribution in [1.29, 1.82) is 5.26 Å². The summed E-state index contributed by atoms with van der Waals surface area (Å²) < 4.78 is 33.4. The molecule has 1 atom stereocenters. The molecule has 6 nitrogen and oxygen atoms in total. The van der Waals surface area contributed by atoms with E-state index < -0.39 is 24.6 Å². The van der Waals surface area contributed by atoms with Crippen molar-refractivity contribution in [3.8, 4) is 11.8 Å². The average molecular weight is 360 g/mol. The van der Waals surface area contributed by atoms with Gasteiger partial charge in [-0.15, -0.1) is 0 Å². The number of nitrogens with zero attached hydrogens (tertiary/aromatic N) is 1. The van der Waals surface area contributed by atoms with Gasteiger partial charge in [-0.1, -0.05) is 12.1 Å². The molecule has 8 heteroatoms. The fraction of sp³-hybridized carbons (Fsp3) is 0.167. The summed E-state index contributed by atoms with van der Waals surface area (Å²) >= 11 is 0. The van der Waals surface area contributed by atoms with Crippen LogP contribution in [-0.4, -0.2) is 24.6 Å². The van der Waals surface area contributed by atoms with Gasteiger partial charge in [0.05, 0.1) is 16.8 Å². The molecular weight excluding hydrogens is 346 g/mol. The lowest BCUT2D eigenvalue weighted by Gasteiger charge is -2.14. The first kappa shape index (κ1) is 18.9. The minimum atomic E-state index is -2.96. The van der Waals surface area contributed by atoms with Crippen LogP contribution < -0.4 is 10.1 Å². The third kappa shape index (κ3) is 5.01. The molecule has 2 rings (SSSR count). The van der Waals surface area contributed by atoms with Crippen LogP contribution in [0.25, 0.3) is 0 Å². The van der Waals surface area contributed by atoms with Crippen LogP contribution in [0.2, 0.25) is 0 Å². The lowest BCUT2D eigenvalue weighted by molar-refractivity contribution is -0.123. The lowest BCUT2D eigenvalue weighted by atomic mass is 10.2. The number of amides is 1. The zero-order valence-corrected chi connectivity index (χ0v) is 13.6. The number of nitrogens with one attached hydrogen (secondary N) is 1. The second-order valence-electron chi connectivity index (χ2n) is 5.10. The third-order valence-corrected chi connectivity index (χ3v) is 3.27. The summed E-state index contributed by atoms with van der Waals surface area (Å²) in [4.78, 5) is 24.1. The van der Waals surface area contributed by atoms with Crippen molar-refractivity contribution in [2.75, 3.05) is 5.32 Å². The van der Waals surface area contributed by atoms with E-state index in [1.165, 1.54) is 37.3 Å². The Morgan fingerprint density at radius 2 is 1.77 bits per heavy atom. The molecule has 0 radical (unpaired) electrons. The van der Waals surface area contributed by atoms with Crippen LogP contribution in [-0.2, 0) is 9.53 Å². The van der Waals surface area contributed by atoms with Gasteiger partial charge in [-0.3, -0.25) is 4.79 Å². The molecular formula is C18H14F2N2O4. The van der Waals surface area contributed by atoms with E-state index in [2.05, 4.69) is 10.1 Å². The second-order valence-corrected chi connectivity index (χ2v) is 5.10. The van der Waals surface area contributed by atoms with Gasteiger partial charge >= 0.3 is 12.6 Å². The van der Waals surface area contributed by atoms with Crippen molar-refractivity contribution in [1.82, 2.24) is 0 Å². The van der Waals surface area contributed by atoms with Gasteiger partial charge in [-0.05, 0) is 43.3 Å². The molecule has 0 unspecified atom stereocenters. The summed E-state index contributed by atoms with van der Waals surface area (Å²) in [6.07, 6.45) is -1.13. The van der Waals surface area contributed by atoms with Gasteiger partial charge in [0.25, 0.3) is 5.91 Å². The summed E-state index contributed by atoms with van der Waals surface area (Å²) in [5.41, 5.74) is 0.647. The number of carbonyl (C=O) groups is 2. The number of hydrogen-bond acceptors (Lipinski definition) is 5. The molecule has 0 spiro atoms. The fourth-order valence-corrected chi connectivity index (χ4v) is 1.98. The minimum absolute atomic E-state index is 0.0729. The Hall–Kier alpha value is -3.47. The number of halogens is 2. The number of alkyl halides is 2. The molecule has 0 aliphatic carbocycles. The van der Waals surface area contributed by atoms with Gasteiger partial charge < -0.3 is 14.8 Å².